The van der Waals surface area contributed by atoms with Crippen molar-refractivity contribution < 1.29 is 19.5 Å². The first kappa shape index (κ1) is 18.6. The van der Waals surface area contributed by atoms with Crippen LogP contribution in [0.1, 0.15) is 40.5 Å². The van der Waals surface area contributed by atoms with Gasteiger partial charge in [0.1, 0.15) is 0 Å². The molecule has 0 bridgehead atoms. The monoisotopic (exact) mass is 366 g/mol. The van der Waals surface area contributed by atoms with E-state index in [0.29, 0.717) is 36.2 Å². The van der Waals surface area contributed by atoms with E-state index in [0.717, 1.165) is 6.42 Å². The molecule has 0 aromatic heterocycles. The van der Waals surface area contributed by atoms with Crippen molar-refractivity contribution in [3.05, 3.63) is 59.7 Å². The van der Waals surface area contributed by atoms with E-state index in [4.69, 9.17) is 0 Å². The fourth-order valence-corrected chi connectivity index (χ4v) is 3.37. The number of hydrogen-bond acceptors (Lipinski definition) is 3. The number of benzene rings is 2. The molecule has 2 amide bonds. The van der Waals surface area contributed by atoms with Gasteiger partial charge in [0.15, 0.2) is 0 Å². The molecule has 1 unspecified atom stereocenters. The number of carboxylic acid groups (broad SMARTS) is 1. The summed E-state index contributed by atoms with van der Waals surface area (Å²) in [5, 5.41) is 12.3. The first-order chi connectivity index (χ1) is 13.0. The number of carboxylic acids is 1. The summed E-state index contributed by atoms with van der Waals surface area (Å²) >= 11 is 0. The van der Waals surface area contributed by atoms with E-state index in [1.165, 1.54) is 6.07 Å². The molecular formula is C21H22N2O4. The molecule has 1 aliphatic rings. The predicted octanol–water partition coefficient (Wildman–Crippen LogP) is 2.79. The van der Waals surface area contributed by atoms with Gasteiger partial charge >= 0.3 is 5.97 Å². The highest BCUT2D eigenvalue weighted by atomic mass is 16.4. The Kier molecular flexibility index (Phi) is 5.54. The summed E-state index contributed by atoms with van der Waals surface area (Å²) in [7, 11) is 0. The number of likely N-dealkylation sites (tertiary alicyclic amines) is 1. The maximum absolute atomic E-state index is 12.6. The molecule has 0 saturated carbocycles. The number of carbonyl (C=O) groups is 3. The zero-order valence-corrected chi connectivity index (χ0v) is 15.1. The lowest BCUT2D eigenvalue weighted by molar-refractivity contribution is -0.127. The number of nitrogens with one attached hydrogen (secondary N) is 1. The fraction of sp³-hybridized carbons (Fsp3) is 0.286. The number of carbonyl (C=O) groups excluding carboxylic acids is 2. The van der Waals surface area contributed by atoms with Crippen molar-refractivity contribution in [1.29, 1.82) is 0 Å². The molecule has 0 spiro atoms. The van der Waals surface area contributed by atoms with Crippen molar-refractivity contribution in [2.45, 2.75) is 25.8 Å². The van der Waals surface area contributed by atoms with Crippen molar-refractivity contribution in [2.75, 3.05) is 13.1 Å². The van der Waals surface area contributed by atoms with Crippen LogP contribution in [0.2, 0.25) is 0 Å². The van der Waals surface area contributed by atoms with Gasteiger partial charge in [-0.2, -0.15) is 0 Å². The average molecular weight is 366 g/mol. The van der Waals surface area contributed by atoms with Gasteiger partial charge in [-0.3, -0.25) is 9.59 Å². The first-order valence-corrected chi connectivity index (χ1v) is 9.01. The van der Waals surface area contributed by atoms with Crippen molar-refractivity contribution in [3.8, 4) is 11.1 Å². The highest BCUT2D eigenvalue weighted by Gasteiger charge is 2.30. The van der Waals surface area contributed by atoms with E-state index in [1.807, 2.05) is 6.92 Å². The Labute approximate surface area is 157 Å². The Morgan fingerprint density at radius 1 is 1.19 bits per heavy atom. The highest BCUT2D eigenvalue weighted by Crippen LogP contribution is 2.25. The predicted molar refractivity (Wildman–Crippen MR) is 102 cm³/mol. The van der Waals surface area contributed by atoms with E-state index < -0.39 is 5.97 Å². The maximum Gasteiger partial charge on any atom is 0.336 e. The Hall–Kier alpha value is -3.15. The molecule has 0 aliphatic carbocycles. The van der Waals surface area contributed by atoms with Crippen LogP contribution in [0.3, 0.4) is 0 Å². The fourth-order valence-electron chi connectivity index (χ4n) is 3.37. The summed E-state index contributed by atoms with van der Waals surface area (Å²) in [6.45, 7) is 3.24. The van der Waals surface area contributed by atoms with Gasteiger partial charge in [-0.05, 0) is 35.7 Å². The zero-order valence-electron chi connectivity index (χ0n) is 15.1. The zero-order chi connectivity index (χ0) is 19.4. The van der Waals surface area contributed by atoms with E-state index in [2.05, 4.69) is 5.32 Å². The Bertz CT molecular complexity index is 878. The third-order valence-electron chi connectivity index (χ3n) is 4.64. The lowest BCUT2D eigenvalue weighted by Crippen LogP contribution is -2.37. The van der Waals surface area contributed by atoms with Crippen LogP contribution in [0.4, 0.5) is 0 Å². The second kappa shape index (κ2) is 8.03. The first-order valence-electron chi connectivity index (χ1n) is 9.01. The lowest BCUT2D eigenvalue weighted by atomic mass is 9.98. The van der Waals surface area contributed by atoms with Crippen LogP contribution in [0.25, 0.3) is 11.1 Å². The van der Waals surface area contributed by atoms with Crippen LogP contribution < -0.4 is 5.32 Å². The summed E-state index contributed by atoms with van der Waals surface area (Å²) in [5.74, 6) is -1.21. The number of hydrogen-bond donors (Lipinski definition) is 2. The average Bonchev–Trinajstić information content (AvgIpc) is 3.01. The molecule has 0 radical (unpaired) electrons. The van der Waals surface area contributed by atoms with Crippen molar-refractivity contribution in [2.24, 2.45) is 0 Å². The molecule has 1 fully saturated rings. The minimum atomic E-state index is -1.01. The Morgan fingerprint density at radius 3 is 2.70 bits per heavy atom. The smallest absolute Gasteiger partial charge is 0.336 e. The summed E-state index contributed by atoms with van der Waals surface area (Å²) in [6.07, 6.45) is 1.20. The molecule has 1 heterocycles. The Balaban J connectivity index is 1.77. The summed E-state index contributed by atoms with van der Waals surface area (Å²) in [5.41, 5.74) is 1.85. The van der Waals surface area contributed by atoms with Crippen molar-refractivity contribution >= 4 is 17.8 Å². The van der Waals surface area contributed by atoms with E-state index in [9.17, 15) is 19.5 Å². The van der Waals surface area contributed by atoms with Crippen LogP contribution >= 0.6 is 0 Å². The molecule has 1 atom stereocenters. The van der Waals surface area contributed by atoms with Crippen molar-refractivity contribution in [3.63, 3.8) is 0 Å². The SMILES string of the molecule is CCCN1CC(NC(=O)c2cccc(-c3ccccc3C(=O)O)c2)CC1=O. The third kappa shape index (κ3) is 4.16. The number of aromatic carboxylic acids is 1. The van der Waals surface area contributed by atoms with Gasteiger partial charge in [0, 0.05) is 25.1 Å². The van der Waals surface area contributed by atoms with Gasteiger partial charge < -0.3 is 15.3 Å². The lowest BCUT2D eigenvalue weighted by Gasteiger charge is -2.16. The van der Waals surface area contributed by atoms with Gasteiger partial charge in [-0.15, -0.1) is 0 Å². The van der Waals surface area contributed by atoms with E-state index >= 15 is 0 Å². The van der Waals surface area contributed by atoms with Gasteiger partial charge in [-0.1, -0.05) is 37.3 Å². The molecule has 2 N–H and O–H groups in total. The molecule has 1 saturated heterocycles. The van der Waals surface area contributed by atoms with E-state index in [1.54, 1.807) is 47.4 Å². The summed E-state index contributed by atoms with van der Waals surface area (Å²) in [4.78, 5) is 37.8. The normalized spacial score (nSPS) is 16.4. The van der Waals surface area contributed by atoms with Gasteiger partial charge in [-0.25, -0.2) is 4.79 Å². The van der Waals surface area contributed by atoms with Crippen LogP contribution in [0, 0.1) is 0 Å². The van der Waals surface area contributed by atoms with Gasteiger partial charge in [0.25, 0.3) is 5.91 Å². The minimum Gasteiger partial charge on any atom is -0.478 e. The molecule has 6 heteroatoms. The Morgan fingerprint density at radius 2 is 1.96 bits per heavy atom. The van der Waals surface area contributed by atoms with Gasteiger partial charge in [0.2, 0.25) is 5.91 Å². The van der Waals surface area contributed by atoms with Crippen molar-refractivity contribution in [1.82, 2.24) is 10.2 Å². The topological polar surface area (TPSA) is 86.7 Å². The standard InChI is InChI=1S/C21H22N2O4/c1-2-10-23-13-16(12-19(23)24)22-20(25)15-7-5-6-14(11-15)17-8-3-4-9-18(17)21(26)27/h3-9,11,16H,2,10,12-13H2,1H3,(H,22,25)(H,26,27). The van der Waals surface area contributed by atoms with Crippen LogP contribution in [-0.4, -0.2) is 46.9 Å². The quantitative estimate of drug-likeness (QED) is 0.823. The van der Waals surface area contributed by atoms with E-state index in [-0.39, 0.29) is 23.4 Å². The van der Waals surface area contributed by atoms with Gasteiger partial charge in [0.05, 0.1) is 11.6 Å². The second-order valence-electron chi connectivity index (χ2n) is 6.65. The molecule has 6 nitrogen and oxygen atoms in total. The molecule has 2 aromatic carbocycles. The number of rotatable bonds is 6. The largest absolute Gasteiger partial charge is 0.478 e. The van der Waals surface area contributed by atoms with Crippen LogP contribution in [0.15, 0.2) is 48.5 Å². The van der Waals surface area contributed by atoms with Crippen LogP contribution in [-0.2, 0) is 4.79 Å². The molecule has 2 aromatic rings. The van der Waals surface area contributed by atoms with Crippen LogP contribution in [0.5, 0.6) is 0 Å². The molecular weight excluding hydrogens is 344 g/mol. The molecule has 27 heavy (non-hydrogen) atoms. The highest BCUT2D eigenvalue weighted by molar-refractivity contribution is 5.99. The maximum atomic E-state index is 12.6. The third-order valence-corrected chi connectivity index (χ3v) is 4.64. The second-order valence-corrected chi connectivity index (χ2v) is 6.65. The molecule has 3 rings (SSSR count). The number of amides is 2. The summed E-state index contributed by atoms with van der Waals surface area (Å²) in [6, 6.07) is 13.4. The summed E-state index contributed by atoms with van der Waals surface area (Å²) < 4.78 is 0. The molecule has 140 valence electrons. The minimum absolute atomic E-state index is 0.0614. The molecule has 1 aliphatic heterocycles. The number of nitrogens with zero attached hydrogens (tertiary/aromatic N) is 1.